The van der Waals surface area contributed by atoms with Crippen molar-refractivity contribution in [2.45, 2.75) is 38.8 Å². The third kappa shape index (κ3) is 3.79. The Kier molecular flexibility index (Phi) is 4.22. The van der Waals surface area contributed by atoms with Crippen molar-refractivity contribution in [3.63, 3.8) is 0 Å². The lowest BCUT2D eigenvalue weighted by molar-refractivity contribution is 0.0696. The van der Waals surface area contributed by atoms with Crippen LogP contribution in [0.2, 0.25) is 0 Å². The molecule has 0 amide bonds. The van der Waals surface area contributed by atoms with Crippen molar-refractivity contribution in [2.75, 3.05) is 5.32 Å². The van der Waals surface area contributed by atoms with E-state index in [1.54, 1.807) is 12.4 Å². The number of fused-ring (bicyclic) bond motifs is 1. The fraction of sp³-hybridized carbons (Fsp3) is 0.333. The second-order valence-corrected chi connectivity index (χ2v) is 6.91. The van der Waals surface area contributed by atoms with Gasteiger partial charge in [-0.15, -0.1) is 0 Å². The average molecular weight is 327 g/mol. The van der Waals surface area contributed by atoms with Gasteiger partial charge < -0.3 is 15.4 Å². The maximum atomic E-state index is 6.09. The van der Waals surface area contributed by atoms with Crippen molar-refractivity contribution in [2.24, 2.45) is 0 Å². The van der Waals surface area contributed by atoms with Gasteiger partial charge in [0.15, 0.2) is 5.11 Å². The molecule has 0 fully saturated rings. The Bertz CT molecular complexity index is 715. The van der Waals surface area contributed by atoms with Crippen molar-refractivity contribution < 1.29 is 4.74 Å². The fourth-order valence-electron chi connectivity index (χ4n) is 2.86. The van der Waals surface area contributed by atoms with E-state index < -0.39 is 0 Å². The third-order valence-electron chi connectivity index (χ3n) is 3.85. The fourth-order valence-corrected chi connectivity index (χ4v) is 3.13. The molecule has 0 radical (unpaired) electrons. The number of nitrogens with one attached hydrogen (secondary N) is 2. The number of aromatic nitrogens is 1. The van der Waals surface area contributed by atoms with E-state index in [1.807, 2.05) is 18.2 Å². The van der Waals surface area contributed by atoms with Crippen LogP contribution in [-0.2, 0) is 0 Å². The zero-order chi connectivity index (χ0) is 16.4. The van der Waals surface area contributed by atoms with E-state index in [4.69, 9.17) is 17.0 Å². The number of ether oxygens (including phenoxy) is 1. The largest absolute Gasteiger partial charge is 0.487 e. The number of anilines is 1. The molecule has 0 spiro atoms. The Morgan fingerprint density at radius 3 is 2.91 bits per heavy atom. The van der Waals surface area contributed by atoms with Gasteiger partial charge in [-0.3, -0.25) is 4.98 Å². The zero-order valence-electron chi connectivity index (χ0n) is 13.6. The van der Waals surface area contributed by atoms with Crippen LogP contribution in [0.5, 0.6) is 5.75 Å². The van der Waals surface area contributed by atoms with Crippen LogP contribution in [0, 0.1) is 6.92 Å². The first-order valence-corrected chi connectivity index (χ1v) is 8.11. The van der Waals surface area contributed by atoms with E-state index in [2.05, 4.69) is 48.5 Å². The number of aryl methyl sites for hydroxylation is 1. The van der Waals surface area contributed by atoms with Crippen LogP contribution in [0.4, 0.5) is 5.69 Å². The number of nitrogens with zero attached hydrogens (tertiary/aromatic N) is 1. The Morgan fingerprint density at radius 1 is 1.35 bits per heavy atom. The number of hydrogen-bond donors (Lipinski definition) is 2. The molecule has 2 aromatic rings. The molecule has 23 heavy (non-hydrogen) atoms. The highest BCUT2D eigenvalue weighted by molar-refractivity contribution is 7.80. The lowest BCUT2D eigenvalue weighted by Gasteiger charge is -2.38. The summed E-state index contributed by atoms with van der Waals surface area (Å²) in [5, 5.41) is 7.19. The lowest BCUT2D eigenvalue weighted by Crippen LogP contribution is -2.42. The Hall–Kier alpha value is -2.14. The molecule has 1 aromatic carbocycles. The van der Waals surface area contributed by atoms with Crippen LogP contribution < -0.4 is 15.4 Å². The first-order valence-electron chi connectivity index (χ1n) is 7.70. The molecule has 5 heteroatoms. The summed E-state index contributed by atoms with van der Waals surface area (Å²) in [7, 11) is 0. The molecule has 0 aliphatic carbocycles. The topological polar surface area (TPSA) is 46.2 Å². The van der Waals surface area contributed by atoms with Gasteiger partial charge in [0.2, 0.25) is 0 Å². The van der Waals surface area contributed by atoms with Crippen LogP contribution in [0.1, 0.15) is 37.4 Å². The molecule has 1 aliphatic rings. The van der Waals surface area contributed by atoms with Crippen LogP contribution >= 0.6 is 12.2 Å². The first-order chi connectivity index (χ1) is 10.9. The summed E-state index contributed by atoms with van der Waals surface area (Å²) in [5.74, 6) is 0.925. The van der Waals surface area contributed by atoms with E-state index in [0.29, 0.717) is 5.11 Å². The molecule has 1 atom stereocenters. The number of benzene rings is 1. The van der Waals surface area contributed by atoms with Gasteiger partial charge in [-0.2, -0.15) is 0 Å². The molecular weight excluding hydrogens is 306 g/mol. The summed E-state index contributed by atoms with van der Waals surface area (Å²) in [5.41, 5.74) is 3.01. The molecular formula is C18H21N3OS. The van der Waals surface area contributed by atoms with Crippen molar-refractivity contribution in [1.29, 1.82) is 0 Å². The van der Waals surface area contributed by atoms with E-state index in [9.17, 15) is 0 Å². The summed E-state index contributed by atoms with van der Waals surface area (Å²) in [6.45, 7) is 6.29. The number of rotatable bonds is 2. The minimum absolute atomic E-state index is 0.116. The molecule has 0 saturated heterocycles. The highest BCUT2D eigenvalue weighted by Crippen LogP contribution is 2.39. The molecule has 2 heterocycles. The summed E-state index contributed by atoms with van der Waals surface area (Å²) >= 11 is 5.46. The molecule has 2 N–H and O–H groups in total. The minimum Gasteiger partial charge on any atom is -0.487 e. The SMILES string of the molecule is Cc1ccc2c(c1)[C@H](NC(=S)Nc1cccnc1)CC(C)(C)O2. The van der Waals surface area contributed by atoms with Crippen molar-refractivity contribution in [3.05, 3.63) is 53.9 Å². The zero-order valence-corrected chi connectivity index (χ0v) is 14.4. The molecule has 1 aromatic heterocycles. The Labute approximate surface area is 142 Å². The maximum Gasteiger partial charge on any atom is 0.171 e. The van der Waals surface area contributed by atoms with E-state index >= 15 is 0 Å². The van der Waals surface area contributed by atoms with Crippen LogP contribution in [0.25, 0.3) is 0 Å². The molecule has 120 valence electrons. The van der Waals surface area contributed by atoms with Crippen LogP contribution in [0.3, 0.4) is 0 Å². The molecule has 1 aliphatic heterocycles. The summed E-state index contributed by atoms with van der Waals surface area (Å²) in [6.07, 6.45) is 4.33. The van der Waals surface area contributed by atoms with Crippen molar-refractivity contribution >= 4 is 23.0 Å². The minimum atomic E-state index is -0.232. The Balaban J connectivity index is 1.79. The average Bonchev–Trinajstić information content (AvgIpc) is 2.48. The quantitative estimate of drug-likeness (QED) is 0.817. The molecule has 0 unspecified atom stereocenters. The monoisotopic (exact) mass is 327 g/mol. The van der Waals surface area contributed by atoms with Crippen LogP contribution in [0.15, 0.2) is 42.7 Å². The van der Waals surface area contributed by atoms with Gasteiger partial charge in [0.1, 0.15) is 11.4 Å². The summed E-state index contributed by atoms with van der Waals surface area (Å²) in [4.78, 5) is 4.09. The van der Waals surface area contributed by atoms with Crippen LogP contribution in [-0.4, -0.2) is 15.7 Å². The number of thiocarbonyl (C=S) groups is 1. The molecule has 0 bridgehead atoms. The predicted molar refractivity (Wildman–Crippen MR) is 96.8 cm³/mol. The maximum absolute atomic E-state index is 6.09. The highest BCUT2D eigenvalue weighted by Gasteiger charge is 2.34. The van der Waals surface area contributed by atoms with Gasteiger partial charge >= 0.3 is 0 Å². The third-order valence-corrected chi connectivity index (χ3v) is 4.07. The summed E-state index contributed by atoms with van der Waals surface area (Å²) in [6, 6.07) is 10.2. The van der Waals surface area contributed by atoms with E-state index in [-0.39, 0.29) is 11.6 Å². The number of hydrogen-bond acceptors (Lipinski definition) is 3. The number of pyridine rings is 1. The summed E-state index contributed by atoms with van der Waals surface area (Å²) < 4.78 is 6.09. The second-order valence-electron chi connectivity index (χ2n) is 6.50. The van der Waals surface area contributed by atoms with E-state index in [0.717, 1.165) is 23.4 Å². The first kappa shape index (κ1) is 15.7. The smallest absolute Gasteiger partial charge is 0.171 e. The lowest BCUT2D eigenvalue weighted by atomic mass is 9.89. The normalized spacial score (nSPS) is 18.5. The van der Waals surface area contributed by atoms with Gasteiger partial charge in [-0.1, -0.05) is 17.7 Å². The highest BCUT2D eigenvalue weighted by atomic mass is 32.1. The van der Waals surface area contributed by atoms with E-state index in [1.165, 1.54) is 5.56 Å². The predicted octanol–water partition coefficient (Wildman–Crippen LogP) is 3.98. The standard InChI is InChI=1S/C18H21N3OS/c1-12-6-7-16-14(9-12)15(10-18(2,3)22-16)21-17(23)20-13-5-4-8-19-11-13/h4-9,11,15H,10H2,1-3H3,(H2,20,21,23)/t15-/m1/s1. The van der Waals surface area contributed by atoms with Crippen molar-refractivity contribution in [3.8, 4) is 5.75 Å². The van der Waals surface area contributed by atoms with Crippen molar-refractivity contribution in [1.82, 2.24) is 10.3 Å². The van der Waals surface area contributed by atoms with Gasteiger partial charge in [0.25, 0.3) is 0 Å². The Morgan fingerprint density at radius 2 is 2.17 bits per heavy atom. The molecule has 4 nitrogen and oxygen atoms in total. The van der Waals surface area contributed by atoms with Gasteiger partial charge in [0, 0.05) is 18.2 Å². The second kappa shape index (κ2) is 6.16. The van der Waals surface area contributed by atoms with Gasteiger partial charge in [-0.25, -0.2) is 0 Å². The molecule has 0 saturated carbocycles. The van der Waals surface area contributed by atoms with Gasteiger partial charge in [-0.05, 0) is 51.2 Å². The molecule has 3 rings (SSSR count). The van der Waals surface area contributed by atoms with Gasteiger partial charge in [0.05, 0.1) is 17.9 Å².